The molecule has 0 atom stereocenters. The third-order valence-electron chi connectivity index (χ3n) is 2.61. The molecule has 5 nitrogen and oxygen atoms in total. The molecule has 0 unspecified atom stereocenters. The second kappa shape index (κ2) is 10.3. The lowest BCUT2D eigenvalue weighted by Crippen LogP contribution is -2.14. The minimum Gasteiger partial charge on any atom is -0.460 e. The minimum absolute atomic E-state index is 0.0662. The number of benzene rings is 1. The molecule has 0 aliphatic rings. The van der Waals surface area contributed by atoms with E-state index in [-0.39, 0.29) is 18.8 Å². The molecule has 0 amide bonds. The third kappa shape index (κ3) is 7.17. The molecule has 1 rings (SSSR count). The summed E-state index contributed by atoms with van der Waals surface area (Å²) in [6.45, 7) is 3.98. The van der Waals surface area contributed by atoms with Crippen LogP contribution in [0.4, 0.5) is 4.39 Å². The van der Waals surface area contributed by atoms with Crippen LogP contribution in [0.15, 0.2) is 18.2 Å². The molecule has 0 heterocycles. The van der Waals surface area contributed by atoms with Crippen molar-refractivity contribution in [3.63, 3.8) is 0 Å². The highest BCUT2D eigenvalue weighted by Crippen LogP contribution is 2.10. The molecule has 0 aromatic heterocycles. The van der Waals surface area contributed by atoms with Crippen LogP contribution in [0.2, 0.25) is 0 Å². The van der Waals surface area contributed by atoms with Crippen molar-refractivity contribution in [3.8, 4) is 0 Å². The number of methoxy groups -OCH3 is 1. The van der Waals surface area contributed by atoms with Gasteiger partial charge in [-0.15, -0.1) is 0 Å². The molecule has 0 aliphatic heterocycles. The van der Waals surface area contributed by atoms with Gasteiger partial charge >= 0.3 is 5.97 Å². The van der Waals surface area contributed by atoms with E-state index in [1.165, 1.54) is 12.1 Å². The second-order valence-corrected chi connectivity index (χ2v) is 4.34. The lowest BCUT2D eigenvalue weighted by molar-refractivity contribution is 0.00554. The van der Waals surface area contributed by atoms with Gasteiger partial charge < -0.3 is 18.9 Å². The largest absolute Gasteiger partial charge is 0.460 e. The van der Waals surface area contributed by atoms with Crippen molar-refractivity contribution in [1.29, 1.82) is 0 Å². The highest BCUT2D eigenvalue weighted by molar-refractivity contribution is 5.89. The van der Waals surface area contributed by atoms with Gasteiger partial charge in [0, 0.05) is 7.11 Å². The summed E-state index contributed by atoms with van der Waals surface area (Å²) in [6.07, 6.45) is 0. The normalized spacial score (nSPS) is 10.6. The van der Waals surface area contributed by atoms with Crippen LogP contribution in [0.5, 0.6) is 0 Å². The van der Waals surface area contributed by atoms with Crippen molar-refractivity contribution in [1.82, 2.24) is 0 Å². The second-order valence-electron chi connectivity index (χ2n) is 4.34. The fourth-order valence-corrected chi connectivity index (χ4v) is 1.52. The number of halogens is 1. The van der Waals surface area contributed by atoms with Crippen LogP contribution in [0, 0.1) is 12.7 Å². The van der Waals surface area contributed by atoms with Crippen LogP contribution < -0.4 is 0 Å². The summed E-state index contributed by atoms with van der Waals surface area (Å²) < 4.78 is 33.7. The first kappa shape index (κ1) is 17.6. The van der Waals surface area contributed by atoms with Gasteiger partial charge in [-0.25, -0.2) is 9.18 Å². The molecule has 21 heavy (non-hydrogen) atoms. The standard InChI is InChI=1S/C15H21FO5/c1-12-3-4-13(14(16)11-12)15(17)21-10-9-20-8-7-19-6-5-18-2/h3-4,11H,5-10H2,1-2H3. The molecule has 0 N–H and O–H groups in total. The molecule has 0 aliphatic carbocycles. The molecule has 0 bridgehead atoms. The summed E-state index contributed by atoms with van der Waals surface area (Å²) >= 11 is 0. The fourth-order valence-electron chi connectivity index (χ4n) is 1.52. The molecule has 1 aromatic rings. The number of carbonyl (C=O) groups is 1. The Bertz CT molecular complexity index is 436. The van der Waals surface area contributed by atoms with E-state index in [0.717, 1.165) is 5.56 Å². The summed E-state index contributed by atoms with van der Waals surface area (Å²) in [6, 6.07) is 4.37. The Morgan fingerprint density at radius 2 is 1.67 bits per heavy atom. The van der Waals surface area contributed by atoms with E-state index in [4.69, 9.17) is 18.9 Å². The Morgan fingerprint density at radius 1 is 1.05 bits per heavy atom. The summed E-state index contributed by atoms with van der Waals surface area (Å²) in [5, 5.41) is 0. The first-order valence-corrected chi connectivity index (χ1v) is 6.73. The zero-order valence-electron chi connectivity index (χ0n) is 12.4. The number of hydrogen-bond acceptors (Lipinski definition) is 5. The Hall–Kier alpha value is -1.50. The van der Waals surface area contributed by atoms with Gasteiger partial charge in [-0.1, -0.05) is 6.07 Å². The molecule has 0 fully saturated rings. The first-order chi connectivity index (χ1) is 10.1. The monoisotopic (exact) mass is 300 g/mol. The van der Waals surface area contributed by atoms with E-state index in [1.54, 1.807) is 20.1 Å². The number of aryl methyl sites for hydroxylation is 1. The number of ether oxygens (including phenoxy) is 4. The number of carbonyl (C=O) groups excluding carboxylic acids is 1. The fraction of sp³-hybridized carbons (Fsp3) is 0.533. The van der Waals surface area contributed by atoms with Gasteiger partial charge in [-0.05, 0) is 24.6 Å². The molecular weight excluding hydrogens is 279 g/mol. The van der Waals surface area contributed by atoms with E-state index in [9.17, 15) is 9.18 Å². The molecular formula is C15H21FO5. The van der Waals surface area contributed by atoms with Crippen molar-refractivity contribution in [3.05, 3.63) is 35.1 Å². The molecule has 0 spiro atoms. The number of esters is 1. The molecule has 0 saturated heterocycles. The van der Waals surface area contributed by atoms with Crippen LogP contribution in [0.25, 0.3) is 0 Å². The zero-order chi connectivity index (χ0) is 15.5. The predicted octanol–water partition coefficient (Wildman–Crippen LogP) is 1.97. The molecule has 118 valence electrons. The van der Waals surface area contributed by atoms with Gasteiger partial charge in [0.05, 0.1) is 38.6 Å². The molecule has 0 radical (unpaired) electrons. The van der Waals surface area contributed by atoms with Crippen molar-refractivity contribution in [2.24, 2.45) is 0 Å². The minimum atomic E-state index is -0.688. The number of rotatable bonds is 10. The van der Waals surface area contributed by atoms with Gasteiger partial charge in [-0.3, -0.25) is 0 Å². The highest BCUT2D eigenvalue weighted by atomic mass is 19.1. The smallest absolute Gasteiger partial charge is 0.341 e. The van der Waals surface area contributed by atoms with E-state index in [1.807, 2.05) is 0 Å². The SMILES string of the molecule is COCCOCCOCCOC(=O)c1ccc(C)cc1F. The van der Waals surface area contributed by atoms with E-state index < -0.39 is 11.8 Å². The summed E-state index contributed by atoms with van der Waals surface area (Å²) in [7, 11) is 1.60. The summed E-state index contributed by atoms with van der Waals surface area (Å²) in [5.74, 6) is -1.26. The Morgan fingerprint density at radius 3 is 2.29 bits per heavy atom. The van der Waals surface area contributed by atoms with E-state index in [0.29, 0.717) is 26.4 Å². The quantitative estimate of drug-likeness (QED) is 0.488. The van der Waals surface area contributed by atoms with Gasteiger partial charge in [0.2, 0.25) is 0 Å². The Kier molecular flexibility index (Phi) is 8.57. The maximum Gasteiger partial charge on any atom is 0.341 e. The van der Waals surface area contributed by atoms with Crippen molar-refractivity contribution in [2.75, 3.05) is 46.8 Å². The van der Waals surface area contributed by atoms with Crippen molar-refractivity contribution in [2.45, 2.75) is 6.92 Å². The maximum atomic E-state index is 13.5. The third-order valence-corrected chi connectivity index (χ3v) is 2.61. The lowest BCUT2D eigenvalue weighted by atomic mass is 10.1. The van der Waals surface area contributed by atoms with Crippen LogP contribution in [0.1, 0.15) is 15.9 Å². The van der Waals surface area contributed by atoms with Gasteiger partial charge in [0.15, 0.2) is 0 Å². The molecule has 1 aromatic carbocycles. The summed E-state index contributed by atoms with van der Waals surface area (Å²) in [5.41, 5.74) is 0.685. The van der Waals surface area contributed by atoms with E-state index in [2.05, 4.69) is 0 Å². The zero-order valence-corrected chi connectivity index (χ0v) is 12.4. The van der Waals surface area contributed by atoms with E-state index >= 15 is 0 Å². The van der Waals surface area contributed by atoms with Crippen LogP contribution in [0.3, 0.4) is 0 Å². The first-order valence-electron chi connectivity index (χ1n) is 6.73. The average Bonchev–Trinajstić information content (AvgIpc) is 2.45. The highest BCUT2D eigenvalue weighted by Gasteiger charge is 2.12. The summed E-state index contributed by atoms with van der Waals surface area (Å²) in [4.78, 5) is 11.6. The number of hydrogen-bond donors (Lipinski definition) is 0. The molecule has 6 heteroatoms. The van der Waals surface area contributed by atoms with Gasteiger partial charge in [-0.2, -0.15) is 0 Å². The Labute approximate surface area is 123 Å². The topological polar surface area (TPSA) is 54.0 Å². The van der Waals surface area contributed by atoms with Crippen LogP contribution in [-0.2, 0) is 18.9 Å². The van der Waals surface area contributed by atoms with Crippen LogP contribution >= 0.6 is 0 Å². The lowest BCUT2D eigenvalue weighted by Gasteiger charge is -2.07. The van der Waals surface area contributed by atoms with Gasteiger partial charge in [0.1, 0.15) is 12.4 Å². The Balaban J connectivity index is 2.11. The van der Waals surface area contributed by atoms with Crippen molar-refractivity contribution >= 4 is 5.97 Å². The van der Waals surface area contributed by atoms with Crippen LogP contribution in [-0.4, -0.2) is 52.7 Å². The maximum absolute atomic E-state index is 13.5. The van der Waals surface area contributed by atoms with Gasteiger partial charge in [0.25, 0.3) is 0 Å². The predicted molar refractivity (Wildman–Crippen MR) is 74.9 cm³/mol. The average molecular weight is 300 g/mol. The van der Waals surface area contributed by atoms with Crippen molar-refractivity contribution < 1.29 is 28.1 Å². The molecule has 0 saturated carbocycles.